The van der Waals surface area contributed by atoms with Crippen molar-refractivity contribution in [1.29, 1.82) is 0 Å². The van der Waals surface area contributed by atoms with E-state index in [1.807, 2.05) is 0 Å². The molecule has 188 valence electrons. The van der Waals surface area contributed by atoms with Crippen LogP contribution in [0.2, 0.25) is 0 Å². The van der Waals surface area contributed by atoms with Gasteiger partial charge in [-0.3, -0.25) is 0 Å². The van der Waals surface area contributed by atoms with Crippen molar-refractivity contribution in [1.82, 2.24) is 0 Å². The summed E-state index contributed by atoms with van der Waals surface area (Å²) in [7, 11) is 0. The molecule has 2 saturated heterocycles. The highest BCUT2D eigenvalue weighted by molar-refractivity contribution is 5.63. The first-order chi connectivity index (χ1) is 16.6. The third kappa shape index (κ3) is 3.71. The van der Waals surface area contributed by atoms with Gasteiger partial charge in [-0.15, -0.1) is 0 Å². The summed E-state index contributed by atoms with van der Waals surface area (Å²) in [6.07, 6.45) is 8.29. The summed E-state index contributed by atoms with van der Waals surface area (Å²) in [6.45, 7) is 11.0. The van der Waals surface area contributed by atoms with Gasteiger partial charge >= 0.3 is 0 Å². The molecule has 2 heterocycles. The lowest BCUT2D eigenvalue weighted by Gasteiger charge is -2.30. The summed E-state index contributed by atoms with van der Waals surface area (Å²) in [5.74, 6) is 0.781. The van der Waals surface area contributed by atoms with Crippen molar-refractivity contribution in [2.75, 3.05) is 13.2 Å². The van der Waals surface area contributed by atoms with Crippen LogP contribution in [0.3, 0.4) is 0 Å². The van der Waals surface area contributed by atoms with E-state index in [2.05, 4.69) is 52.0 Å². The summed E-state index contributed by atoms with van der Waals surface area (Å²) in [5, 5.41) is 22.3. The number of phenolic OH excluding ortho intramolecular Hbond substituents is 2. The number of benzene rings is 2. The molecule has 2 N–H and O–H groups in total. The quantitative estimate of drug-likeness (QED) is 0.552. The number of hydrogen-bond donors (Lipinski definition) is 2. The first-order valence-electron chi connectivity index (χ1n) is 13.6. The summed E-state index contributed by atoms with van der Waals surface area (Å²) in [4.78, 5) is 0. The molecule has 0 bridgehead atoms. The summed E-state index contributed by atoms with van der Waals surface area (Å²) in [5.41, 5.74) is 6.96. The number of rotatable bonds is 4. The van der Waals surface area contributed by atoms with Crippen LogP contribution in [0.25, 0.3) is 0 Å². The Kier molecular flexibility index (Phi) is 5.33. The summed E-state index contributed by atoms with van der Waals surface area (Å²) < 4.78 is 11.7. The number of hydrogen-bond acceptors (Lipinski definition) is 4. The van der Waals surface area contributed by atoms with Gasteiger partial charge in [-0.05, 0) is 94.9 Å². The largest absolute Gasteiger partial charge is 0.508 e. The average molecular weight is 477 g/mol. The average Bonchev–Trinajstić information content (AvgIpc) is 3.54. The van der Waals surface area contributed by atoms with Gasteiger partial charge in [-0.2, -0.15) is 0 Å². The number of fused-ring (bicyclic) bond motifs is 4. The zero-order chi connectivity index (χ0) is 24.6. The second-order valence-corrected chi connectivity index (χ2v) is 12.9. The van der Waals surface area contributed by atoms with Crippen molar-refractivity contribution in [3.05, 3.63) is 57.6 Å². The standard InChI is InChI=1S/C31H40O4/c1-29(2)17-31(25-15-27(32)19(13-23(25)29)11-21-7-5-9-34-21)18-30(3,4)24-14-20(28(33)16-26(24)31)12-22-8-6-10-35-22/h13-16,21-22,32-33H,5-12,17-18H2,1-4H3. The zero-order valence-corrected chi connectivity index (χ0v) is 21.7. The number of ether oxygens (including phenoxy) is 2. The smallest absolute Gasteiger partial charge is 0.119 e. The Balaban J connectivity index is 1.44. The molecule has 4 heteroatoms. The molecule has 4 nitrogen and oxygen atoms in total. The lowest BCUT2D eigenvalue weighted by molar-refractivity contribution is 0.110. The SMILES string of the molecule is CC1(C)CC2(CC(C)(C)c3cc(CC4CCCO4)c(O)cc32)c2cc(O)c(CC3CCCO3)cc21. The monoisotopic (exact) mass is 476 g/mol. The van der Waals surface area contributed by atoms with Crippen LogP contribution in [-0.2, 0) is 38.6 Å². The van der Waals surface area contributed by atoms with E-state index in [1.165, 1.54) is 22.3 Å². The number of aromatic hydroxyl groups is 2. The van der Waals surface area contributed by atoms with Gasteiger partial charge in [0.05, 0.1) is 12.2 Å². The minimum absolute atomic E-state index is 0.0159. The minimum atomic E-state index is -0.197. The third-order valence-electron chi connectivity index (χ3n) is 9.36. The van der Waals surface area contributed by atoms with Gasteiger partial charge in [0.1, 0.15) is 11.5 Å². The molecule has 2 unspecified atom stereocenters. The summed E-state index contributed by atoms with van der Waals surface area (Å²) >= 11 is 0. The van der Waals surface area contributed by atoms with Gasteiger partial charge < -0.3 is 19.7 Å². The van der Waals surface area contributed by atoms with Gasteiger partial charge in [0.25, 0.3) is 0 Å². The maximum absolute atomic E-state index is 11.2. The molecular formula is C31H40O4. The van der Waals surface area contributed by atoms with Crippen LogP contribution in [0, 0.1) is 0 Å². The van der Waals surface area contributed by atoms with Crippen LogP contribution < -0.4 is 0 Å². The van der Waals surface area contributed by atoms with Crippen LogP contribution in [0.4, 0.5) is 0 Å². The molecule has 6 rings (SSSR count). The lowest BCUT2D eigenvalue weighted by atomic mass is 9.72. The molecule has 35 heavy (non-hydrogen) atoms. The van der Waals surface area contributed by atoms with Gasteiger partial charge in [0.15, 0.2) is 0 Å². The Morgan fingerprint density at radius 3 is 1.49 bits per heavy atom. The maximum Gasteiger partial charge on any atom is 0.119 e. The normalized spacial score (nSPS) is 30.2. The Morgan fingerprint density at radius 1 is 0.686 bits per heavy atom. The molecule has 2 atom stereocenters. The first-order valence-corrected chi connectivity index (χ1v) is 13.6. The number of phenols is 2. The van der Waals surface area contributed by atoms with E-state index in [1.54, 1.807) is 0 Å². The molecule has 2 aliphatic heterocycles. The molecule has 2 aromatic rings. The molecule has 4 aliphatic rings. The van der Waals surface area contributed by atoms with E-state index in [0.717, 1.165) is 75.7 Å². The second kappa shape index (κ2) is 7.98. The fraction of sp³-hybridized carbons (Fsp3) is 0.613. The van der Waals surface area contributed by atoms with E-state index in [-0.39, 0.29) is 28.5 Å². The highest BCUT2D eigenvalue weighted by Crippen LogP contribution is 2.64. The first kappa shape index (κ1) is 23.4. The zero-order valence-electron chi connectivity index (χ0n) is 21.7. The van der Waals surface area contributed by atoms with Crippen molar-refractivity contribution in [2.45, 2.75) is 108 Å². The molecule has 0 aromatic heterocycles. The predicted octanol–water partition coefficient (Wildman–Crippen LogP) is 6.19. The Morgan fingerprint density at radius 2 is 1.11 bits per heavy atom. The van der Waals surface area contributed by atoms with Gasteiger partial charge in [0.2, 0.25) is 0 Å². The van der Waals surface area contributed by atoms with Crippen LogP contribution in [0.15, 0.2) is 24.3 Å². The van der Waals surface area contributed by atoms with Crippen molar-refractivity contribution in [3.8, 4) is 11.5 Å². The van der Waals surface area contributed by atoms with Crippen LogP contribution in [0.1, 0.15) is 99.6 Å². The molecule has 2 aliphatic carbocycles. The highest BCUT2D eigenvalue weighted by atomic mass is 16.5. The van der Waals surface area contributed by atoms with Crippen molar-refractivity contribution < 1.29 is 19.7 Å². The Hall–Kier alpha value is -2.04. The predicted molar refractivity (Wildman–Crippen MR) is 138 cm³/mol. The molecule has 2 aromatic carbocycles. The lowest BCUT2D eigenvalue weighted by Crippen LogP contribution is -2.26. The topological polar surface area (TPSA) is 58.9 Å². The fourth-order valence-corrected chi connectivity index (χ4v) is 7.89. The molecule has 2 fully saturated rings. The van der Waals surface area contributed by atoms with E-state index >= 15 is 0 Å². The van der Waals surface area contributed by atoms with Gasteiger partial charge in [0, 0.05) is 31.5 Å². The van der Waals surface area contributed by atoms with E-state index in [9.17, 15) is 10.2 Å². The molecule has 0 saturated carbocycles. The van der Waals surface area contributed by atoms with Crippen molar-refractivity contribution in [3.63, 3.8) is 0 Å². The van der Waals surface area contributed by atoms with Crippen LogP contribution >= 0.6 is 0 Å². The summed E-state index contributed by atoms with van der Waals surface area (Å²) in [6, 6.07) is 8.63. The van der Waals surface area contributed by atoms with E-state index < -0.39 is 0 Å². The molecule has 1 spiro atoms. The maximum atomic E-state index is 11.2. The van der Waals surface area contributed by atoms with E-state index in [0.29, 0.717) is 11.5 Å². The third-order valence-corrected chi connectivity index (χ3v) is 9.36. The van der Waals surface area contributed by atoms with E-state index in [4.69, 9.17) is 9.47 Å². The Bertz CT molecular complexity index is 1060. The van der Waals surface area contributed by atoms with Crippen LogP contribution in [-0.4, -0.2) is 35.6 Å². The van der Waals surface area contributed by atoms with Crippen LogP contribution in [0.5, 0.6) is 11.5 Å². The van der Waals surface area contributed by atoms with Crippen molar-refractivity contribution >= 4 is 0 Å². The molecule has 0 amide bonds. The minimum Gasteiger partial charge on any atom is -0.508 e. The van der Waals surface area contributed by atoms with Crippen molar-refractivity contribution in [2.24, 2.45) is 0 Å². The second-order valence-electron chi connectivity index (χ2n) is 12.9. The highest BCUT2D eigenvalue weighted by Gasteiger charge is 2.56. The van der Waals surface area contributed by atoms with Gasteiger partial charge in [-0.1, -0.05) is 39.8 Å². The molecular weight excluding hydrogens is 436 g/mol. The molecule has 0 radical (unpaired) electrons. The Labute approximate surface area is 209 Å². The van der Waals surface area contributed by atoms with Gasteiger partial charge in [-0.25, -0.2) is 0 Å². The fourth-order valence-electron chi connectivity index (χ4n) is 7.89.